The van der Waals surface area contributed by atoms with E-state index in [4.69, 9.17) is 0 Å². The molecule has 0 bridgehead atoms. The summed E-state index contributed by atoms with van der Waals surface area (Å²) in [6.45, 7) is 9.28. The van der Waals surface area contributed by atoms with Crippen molar-refractivity contribution >= 4 is 0 Å². The molecule has 0 spiro atoms. The van der Waals surface area contributed by atoms with Crippen LogP contribution in [0.25, 0.3) is 0 Å². The lowest BCUT2D eigenvalue weighted by atomic mass is 9.92. The highest BCUT2D eigenvalue weighted by Gasteiger charge is 2.04. The molecule has 0 aromatic heterocycles. The van der Waals surface area contributed by atoms with Crippen molar-refractivity contribution in [1.82, 2.24) is 0 Å². The van der Waals surface area contributed by atoms with Gasteiger partial charge in [0.25, 0.3) is 0 Å². The van der Waals surface area contributed by atoms with Crippen LogP contribution < -0.4 is 0 Å². The summed E-state index contributed by atoms with van der Waals surface area (Å²) in [6.07, 6.45) is 5.51. The predicted octanol–water partition coefficient (Wildman–Crippen LogP) is 3.86. The Morgan fingerprint density at radius 2 is 1.60 bits per heavy atom. The molecular formula is C10H22. The van der Waals surface area contributed by atoms with Gasteiger partial charge in [-0.1, -0.05) is 47.0 Å². The zero-order chi connectivity index (χ0) is 7.98. The summed E-state index contributed by atoms with van der Waals surface area (Å²) in [7, 11) is 0. The third-order valence-electron chi connectivity index (χ3n) is 2.28. The number of rotatable bonds is 5. The molecule has 0 heterocycles. The lowest BCUT2D eigenvalue weighted by molar-refractivity contribution is 0.384. The van der Waals surface area contributed by atoms with Crippen LogP contribution in [0.4, 0.5) is 0 Å². The third-order valence-corrected chi connectivity index (χ3v) is 2.28. The smallest absolute Gasteiger partial charge is 0.0440 e. The van der Waals surface area contributed by atoms with Crippen LogP contribution in [-0.2, 0) is 0 Å². The minimum atomic E-state index is 0.932. The summed E-state index contributed by atoms with van der Waals surface area (Å²) >= 11 is 0. The van der Waals surface area contributed by atoms with E-state index in [1.165, 1.54) is 25.7 Å². The van der Waals surface area contributed by atoms with Gasteiger partial charge in [-0.2, -0.15) is 0 Å². The standard InChI is InChI=1S/C10H22/c1-5-7-10(4)8-9(3)6-2/h9-10H,5-8H2,1-4H3/t9-,10+/m1/s1. The van der Waals surface area contributed by atoms with Crippen molar-refractivity contribution in [1.29, 1.82) is 0 Å². The van der Waals surface area contributed by atoms with Crippen LogP contribution >= 0.6 is 0 Å². The van der Waals surface area contributed by atoms with E-state index in [1.54, 1.807) is 0 Å². The molecule has 0 saturated heterocycles. The summed E-state index contributed by atoms with van der Waals surface area (Å²) in [5.74, 6) is 1.88. The van der Waals surface area contributed by atoms with Gasteiger partial charge in [0.1, 0.15) is 0 Å². The normalized spacial score (nSPS) is 16.8. The van der Waals surface area contributed by atoms with E-state index in [0.717, 1.165) is 11.8 Å². The third kappa shape index (κ3) is 4.84. The first kappa shape index (κ1) is 10.0. The van der Waals surface area contributed by atoms with E-state index in [-0.39, 0.29) is 0 Å². The molecule has 2 atom stereocenters. The predicted molar refractivity (Wildman–Crippen MR) is 48.1 cm³/mol. The molecule has 0 unspecified atom stereocenters. The van der Waals surface area contributed by atoms with Gasteiger partial charge in [0.05, 0.1) is 0 Å². The van der Waals surface area contributed by atoms with Crippen LogP contribution in [0.15, 0.2) is 0 Å². The Morgan fingerprint density at radius 1 is 1.00 bits per heavy atom. The average molecular weight is 142 g/mol. The van der Waals surface area contributed by atoms with Crippen molar-refractivity contribution in [2.75, 3.05) is 0 Å². The summed E-state index contributed by atoms with van der Waals surface area (Å²) in [6, 6.07) is 0. The first-order valence-corrected chi connectivity index (χ1v) is 4.70. The maximum atomic E-state index is 2.37. The molecule has 0 nitrogen and oxygen atoms in total. The maximum absolute atomic E-state index is 2.37. The van der Waals surface area contributed by atoms with Gasteiger partial charge in [0, 0.05) is 0 Å². The summed E-state index contributed by atoms with van der Waals surface area (Å²) in [4.78, 5) is 0. The molecular weight excluding hydrogens is 120 g/mol. The van der Waals surface area contributed by atoms with Crippen LogP contribution in [0.3, 0.4) is 0 Å². The van der Waals surface area contributed by atoms with Crippen molar-refractivity contribution < 1.29 is 0 Å². The van der Waals surface area contributed by atoms with Crippen molar-refractivity contribution in [3.63, 3.8) is 0 Å². The van der Waals surface area contributed by atoms with Gasteiger partial charge in [-0.25, -0.2) is 0 Å². The molecule has 0 aliphatic rings. The summed E-state index contributed by atoms with van der Waals surface area (Å²) in [5, 5.41) is 0. The Balaban J connectivity index is 3.27. The SMILES string of the molecule is CCC[C@H](C)C[C@H](C)CC. The van der Waals surface area contributed by atoms with Crippen molar-refractivity contribution in [2.45, 2.75) is 53.4 Å². The highest BCUT2D eigenvalue weighted by Crippen LogP contribution is 2.18. The Morgan fingerprint density at radius 3 is 2.00 bits per heavy atom. The highest BCUT2D eigenvalue weighted by atomic mass is 14.1. The van der Waals surface area contributed by atoms with Gasteiger partial charge >= 0.3 is 0 Å². The number of hydrogen-bond donors (Lipinski definition) is 0. The van der Waals surface area contributed by atoms with Crippen molar-refractivity contribution in [3.05, 3.63) is 0 Å². The minimum Gasteiger partial charge on any atom is -0.0654 e. The minimum absolute atomic E-state index is 0.932. The lowest BCUT2D eigenvalue weighted by Crippen LogP contribution is -2.01. The van der Waals surface area contributed by atoms with E-state index in [0.29, 0.717) is 0 Å². The molecule has 0 N–H and O–H groups in total. The molecule has 0 fully saturated rings. The van der Waals surface area contributed by atoms with Crippen molar-refractivity contribution in [2.24, 2.45) is 11.8 Å². The van der Waals surface area contributed by atoms with E-state index < -0.39 is 0 Å². The van der Waals surface area contributed by atoms with E-state index >= 15 is 0 Å². The van der Waals surface area contributed by atoms with Crippen LogP contribution in [0.1, 0.15) is 53.4 Å². The fourth-order valence-corrected chi connectivity index (χ4v) is 1.46. The van der Waals surface area contributed by atoms with Crippen LogP contribution in [0.2, 0.25) is 0 Å². The van der Waals surface area contributed by atoms with E-state index in [1.807, 2.05) is 0 Å². The summed E-state index contributed by atoms with van der Waals surface area (Å²) < 4.78 is 0. The van der Waals surface area contributed by atoms with Crippen LogP contribution in [0, 0.1) is 11.8 Å². The van der Waals surface area contributed by atoms with E-state index in [9.17, 15) is 0 Å². The fraction of sp³-hybridized carbons (Fsp3) is 1.00. The van der Waals surface area contributed by atoms with E-state index in [2.05, 4.69) is 27.7 Å². The van der Waals surface area contributed by atoms with Gasteiger partial charge in [-0.05, 0) is 18.3 Å². The van der Waals surface area contributed by atoms with Gasteiger partial charge < -0.3 is 0 Å². The van der Waals surface area contributed by atoms with Crippen LogP contribution in [0.5, 0.6) is 0 Å². The molecule has 0 amide bonds. The Bertz CT molecular complexity index is 66.4. The molecule has 0 heteroatoms. The molecule has 0 aliphatic carbocycles. The Kier molecular flexibility index (Phi) is 5.76. The Labute approximate surface area is 66.0 Å². The molecule has 10 heavy (non-hydrogen) atoms. The maximum Gasteiger partial charge on any atom is -0.0440 e. The van der Waals surface area contributed by atoms with Gasteiger partial charge in [0.2, 0.25) is 0 Å². The lowest BCUT2D eigenvalue weighted by Gasteiger charge is -2.14. The van der Waals surface area contributed by atoms with Crippen LogP contribution in [-0.4, -0.2) is 0 Å². The molecule has 0 aromatic rings. The second-order valence-corrected chi connectivity index (χ2v) is 3.64. The van der Waals surface area contributed by atoms with Gasteiger partial charge in [-0.3, -0.25) is 0 Å². The molecule has 0 aliphatic heterocycles. The second kappa shape index (κ2) is 5.76. The Hall–Kier alpha value is 0. The zero-order valence-corrected chi connectivity index (χ0v) is 7.98. The highest BCUT2D eigenvalue weighted by molar-refractivity contribution is 4.57. The van der Waals surface area contributed by atoms with Crippen molar-refractivity contribution in [3.8, 4) is 0 Å². The summed E-state index contributed by atoms with van der Waals surface area (Å²) in [5.41, 5.74) is 0. The largest absolute Gasteiger partial charge is 0.0654 e. The molecule has 62 valence electrons. The van der Waals surface area contributed by atoms with Gasteiger partial charge in [0.15, 0.2) is 0 Å². The van der Waals surface area contributed by atoms with Gasteiger partial charge in [-0.15, -0.1) is 0 Å². The second-order valence-electron chi connectivity index (χ2n) is 3.64. The first-order valence-electron chi connectivity index (χ1n) is 4.70. The molecule has 0 saturated carbocycles. The average Bonchev–Trinajstić information content (AvgIpc) is 1.88. The quantitative estimate of drug-likeness (QED) is 0.547. The topological polar surface area (TPSA) is 0 Å². The molecule has 0 radical (unpaired) electrons. The molecule has 0 rings (SSSR count). The number of hydrogen-bond acceptors (Lipinski definition) is 0. The fourth-order valence-electron chi connectivity index (χ4n) is 1.46. The monoisotopic (exact) mass is 142 g/mol. The first-order chi connectivity index (χ1) is 4.70. The molecule has 0 aromatic carbocycles. The zero-order valence-electron chi connectivity index (χ0n) is 7.98.